The monoisotopic (exact) mass is 200 g/mol. The van der Waals surface area contributed by atoms with Crippen molar-refractivity contribution >= 4 is 0 Å². The third kappa shape index (κ3) is 7.34. The highest BCUT2D eigenvalue weighted by Crippen LogP contribution is 2.02. The van der Waals surface area contributed by atoms with Crippen LogP contribution in [0.4, 0.5) is 0 Å². The van der Waals surface area contributed by atoms with Crippen LogP contribution in [0.15, 0.2) is 0 Å². The standard InChI is InChI=1S/C12H28N2/c1-7-8-9-14(6)11(2)10-13-12(3,4)5/h11,13H,7-10H2,1-6H3. The number of likely N-dealkylation sites (N-methyl/N-ethyl adjacent to an activating group) is 1. The zero-order chi connectivity index (χ0) is 11.2. The maximum absolute atomic E-state index is 3.54. The second-order valence-corrected chi connectivity index (χ2v) is 5.31. The molecule has 1 atom stereocenters. The lowest BCUT2D eigenvalue weighted by atomic mass is 10.1. The van der Waals surface area contributed by atoms with Gasteiger partial charge in [-0.25, -0.2) is 0 Å². The molecule has 14 heavy (non-hydrogen) atoms. The highest BCUT2D eigenvalue weighted by atomic mass is 15.1. The first-order valence-corrected chi connectivity index (χ1v) is 5.82. The Morgan fingerprint density at radius 1 is 1.29 bits per heavy atom. The van der Waals surface area contributed by atoms with E-state index in [4.69, 9.17) is 0 Å². The van der Waals surface area contributed by atoms with Crippen LogP contribution in [0.3, 0.4) is 0 Å². The van der Waals surface area contributed by atoms with Crippen molar-refractivity contribution in [1.29, 1.82) is 0 Å². The van der Waals surface area contributed by atoms with Gasteiger partial charge in [0.1, 0.15) is 0 Å². The molecule has 0 radical (unpaired) electrons. The van der Waals surface area contributed by atoms with Gasteiger partial charge in [0, 0.05) is 18.1 Å². The molecule has 0 aromatic rings. The maximum atomic E-state index is 3.54. The zero-order valence-corrected chi connectivity index (χ0v) is 10.9. The number of hydrogen-bond acceptors (Lipinski definition) is 2. The van der Waals surface area contributed by atoms with Crippen LogP contribution in [0.25, 0.3) is 0 Å². The largest absolute Gasteiger partial charge is 0.311 e. The lowest BCUT2D eigenvalue weighted by Gasteiger charge is -2.29. The van der Waals surface area contributed by atoms with Crippen molar-refractivity contribution in [3.63, 3.8) is 0 Å². The minimum atomic E-state index is 0.236. The van der Waals surface area contributed by atoms with Gasteiger partial charge in [-0.15, -0.1) is 0 Å². The normalized spacial score (nSPS) is 14.8. The molecule has 1 N–H and O–H groups in total. The molecule has 0 aliphatic heterocycles. The van der Waals surface area contributed by atoms with E-state index in [1.54, 1.807) is 0 Å². The van der Waals surface area contributed by atoms with Crippen molar-refractivity contribution in [3.05, 3.63) is 0 Å². The number of hydrogen-bond donors (Lipinski definition) is 1. The van der Waals surface area contributed by atoms with Gasteiger partial charge in [0.05, 0.1) is 0 Å². The topological polar surface area (TPSA) is 15.3 Å². The molecule has 0 aliphatic carbocycles. The lowest BCUT2D eigenvalue weighted by molar-refractivity contribution is 0.233. The molecule has 0 saturated carbocycles. The number of nitrogens with zero attached hydrogens (tertiary/aromatic N) is 1. The van der Waals surface area contributed by atoms with Crippen molar-refractivity contribution < 1.29 is 0 Å². The van der Waals surface area contributed by atoms with Gasteiger partial charge in [0.25, 0.3) is 0 Å². The van der Waals surface area contributed by atoms with Gasteiger partial charge in [-0.3, -0.25) is 0 Å². The minimum Gasteiger partial charge on any atom is -0.311 e. The van der Waals surface area contributed by atoms with Crippen molar-refractivity contribution in [2.24, 2.45) is 0 Å². The zero-order valence-electron chi connectivity index (χ0n) is 10.9. The van der Waals surface area contributed by atoms with E-state index < -0.39 is 0 Å². The Bertz CT molecular complexity index is 138. The van der Waals surface area contributed by atoms with E-state index in [0.717, 1.165) is 6.54 Å². The van der Waals surface area contributed by atoms with Crippen molar-refractivity contribution in [2.45, 2.75) is 59.0 Å². The van der Waals surface area contributed by atoms with E-state index >= 15 is 0 Å². The molecule has 86 valence electrons. The highest BCUT2D eigenvalue weighted by Gasteiger charge is 2.13. The fourth-order valence-electron chi connectivity index (χ4n) is 1.24. The fraction of sp³-hybridized carbons (Fsp3) is 1.00. The third-order valence-corrected chi connectivity index (χ3v) is 2.54. The summed E-state index contributed by atoms with van der Waals surface area (Å²) in [6, 6.07) is 0.626. The van der Waals surface area contributed by atoms with Crippen LogP contribution in [-0.2, 0) is 0 Å². The van der Waals surface area contributed by atoms with Crippen LogP contribution in [0.1, 0.15) is 47.5 Å². The molecule has 0 aromatic carbocycles. The van der Waals surface area contributed by atoms with E-state index in [2.05, 4.69) is 51.9 Å². The number of nitrogens with one attached hydrogen (secondary N) is 1. The summed E-state index contributed by atoms with van der Waals surface area (Å²) in [5.74, 6) is 0. The van der Waals surface area contributed by atoms with Crippen molar-refractivity contribution in [1.82, 2.24) is 10.2 Å². The molecule has 0 saturated heterocycles. The van der Waals surface area contributed by atoms with Gasteiger partial charge >= 0.3 is 0 Å². The molecule has 0 aliphatic rings. The Morgan fingerprint density at radius 3 is 2.29 bits per heavy atom. The SMILES string of the molecule is CCCCN(C)C(C)CNC(C)(C)C. The number of rotatable bonds is 6. The second-order valence-electron chi connectivity index (χ2n) is 5.31. The van der Waals surface area contributed by atoms with Crippen LogP contribution >= 0.6 is 0 Å². The van der Waals surface area contributed by atoms with Crippen LogP contribution in [0.2, 0.25) is 0 Å². The van der Waals surface area contributed by atoms with E-state index in [1.165, 1.54) is 19.4 Å². The lowest BCUT2D eigenvalue weighted by Crippen LogP contribution is -2.45. The van der Waals surface area contributed by atoms with E-state index in [0.29, 0.717) is 6.04 Å². The molecule has 2 heteroatoms. The predicted octanol–water partition coefficient (Wildman–Crippen LogP) is 2.49. The first-order chi connectivity index (χ1) is 6.37. The molecule has 0 heterocycles. The summed E-state index contributed by atoms with van der Waals surface area (Å²) in [7, 11) is 2.21. The van der Waals surface area contributed by atoms with Crippen molar-refractivity contribution in [3.8, 4) is 0 Å². The molecule has 0 bridgehead atoms. The summed E-state index contributed by atoms with van der Waals surface area (Å²) in [4.78, 5) is 2.43. The molecular weight excluding hydrogens is 172 g/mol. The summed E-state index contributed by atoms with van der Waals surface area (Å²) < 4.78 is 0. The first kappa shape index (κ1) is 13.9. The minimum absolute atomic E-state index is 0.236. The summed E-state index contributed by atoms with van der Waals surface area (Å²) in [5, 5.41) is 3.54. The van der Waals surface area contributed by atoms with Crippen molar-refractivity contribution in [2.75, 3.05) is 20.1 Å². The predicted molar refractivity (Wildman–Crippen MR) is 64.8 cm³/mol. The molecule has 0 fully saturated rings. The van der Waals surface area contributed by atoms with E-state index in [1.807, 2.05) is 0 Å². The average Bonchev–Trinajstić information content (AvgIpc) is 2.09. The van der Waals surface area contributed by atoms with Gasteiger partial charge < -0.3 is 10.2 Å². The van der Waals surface area contributed by atoms with Gasteiger partial charge in [-0.1, -0.05) is 13.3 Å². The van der Waals surface area contributed by atoms with E-state index in [-0.39, 0.29) is 5.54 Å². The third-order valence-electron chi connectivity index (χ3n) is 2.54. The molecule has 0 amide bonds. The Balaban J connectivity index is 3.67. The molecule has 0 aromatic heterocycles. The maximum Gasteiger partial charge on any atom is 0.0189 e. The second kappa shape index (κ2) is 6.41. The van der Waals surface area contributed by atoms with Gasteiger partial charge in [0.15, 0.2) is 0 Å². The number of unbranched alkanes of at least 4 members (excludes halogenated alkanes) is 1. The first-order valence-electron chi connectivity index (χ1n) is 5.82. The quantitative estimate of drug-likeness (QED) is 0.708. The summed E-state index contributed by atoms with van der Waals surface area (Å²) >= 11 is 0. The van der Waals surface area contributed by atoms with Gasteiger partial charge in [0.2, 0.25) is 0 Å². The van der Waals surface area contributed by atoms with Crippen LogP contribution in [0, 0.1) is 0 Å². The Labute approximate surface area is 90.1 Å². The van der Waals surface area contributed by atoms with Crippen LogP contribution in [-0.4, -0.2) is 36.6 Å². The van der Waals surface area contributed by atoms with E-state index in [9.17, 15) is 0 Å². The summed E-state index contributed by atoms with van der Waals surface area (Å²) in [6.07, 6.45) is 2.58. The molecule has 2 nitrogen and oxygen atoms in total. The van der Waals surface area contributed by atoms with Gasteiger partial charge in [-0.05, 0) is 47.7 Å². The molecule has 1 unspecified atom stereocenters. The summed E-state index contributed by atoms with van der Waals surface area (Å²) in [6.45, 7) is 13.5. The summed E-state index contributed by atoms with van der Waals surface area (Å²) in [5.41, 5.74) is 0.236. The Morgan fingerprint density at radius 2 is 1.86 bits per heavy atom. The highest BCUT2D eigenvalue weighted by molar-refractivity contribution is 4.74. The Hall–Kier alpha value is -0.0800. The van der Waals surface area contributed by atoms with Gasteiger partial charge in [-0.2, -0.15) is 0 Å². The fourth-order valence-corrected chi connectivity index (χ4v) is 1.24. The molecule has 0 spiro atoms. The molecular formula is C12H28N2. The van der Waals surface area contributed by atoms with Crippen LogP contribution < -0.4 is 5.32 Å². The van der Waals surface area contributed by atoms with Crippen LogP contribution in [0.5, 0.6) is 0 Å². The average molecular weight is 200 g/mol. The Kier molecular flexibility index (Phi) is 6.38. The smallest absolute Gasteiger partial charge is 0.0189 e. The molecule has 0 rings (SSSR count).